The summed E-state index contributed by atoms with van der Waals surface area (Å²) in [6.07, 6.45) is 3.42. The molecule has 4 nitrogen and oxygen atoms in total. The molecular weight excluding hydrogens is 366 g/mol. The molecule has 1 aliphatic rings. The molecule has 0 spiro atoms. The summed E-state index contributed by atoms with van der Waals surface area (Å²) in [6, 6.07) is 21.0. The molecule has 2 aromatic carbocycles. The third kappa shape index (κ3) is 3.17. The van der Waals surface area contributed by atoms with Crippen molar-refractivity contribution in [2.75, 3.05) is 0 Å². The van der Waals surface area contributed by atoms with E-state index in [-0.39, 0.29) is 0 Å². The van der Waals surface area contributed by atoms with Crippen molar-refractivity contribution < 1.29 is 5.11 Å². The zero-order valence-electron chi connectivity index (χ0n) is 15.6. The minimum atomic E-state index is -0.502. The average molecular weight is 388 g/mol. The smallest absolute Gasteiger partial charge is 0.142 e. The Morgan fingerprint density at radius 2 is 1.75 bits per heavy atom. The average Bonchev–Trinajstić information content (AvgIpc) is 3.37. The Kier molecular flexibility index (Phi) is 4.14. The molecule has 28 heavy (non-hydrogen) atoms. The number of rotatable bonds is 4. The number of benzene rings is 2. The first-order valence-electron chi connectivity index (χ1n) is 9.48. The van der Waals surface area contributed by atoms with Crippen LogP contribution in [0.1, 0.15) is 31.2 Å². The molecule has 140 valence electrons. The maximum atomic E-state index is 10.0. The summed E-state index contributed by atoms with van der Waals surface area (Å²) in [7, 11) is 0. The highest BCUT2D eigenvalue weighted by Crippen LogP contribution is 2.45. The van der Waals surface area contributed by atoms with Crippen LogP contribution in [-0.4, -0.2) is 25.9 Å². The summed E-state index contributed by atoms with van der Waals surface area (Å²) in [4.78, 5) is 6.10. The van der Waals surface area contributed by atoms with Crippen LogP contribution in [0, 0.1) is 0 Å². The lowest BCUT2D eigenvalue weighted by molar-refractivity contribution is -0.0313. The number of H-pyrrole nitrogens is 1. The van der Waals surface area contributed by atoms with E-state index < -0.39 is 5.60 Å². The number of nitrogens with one attached hydrogen (secondary N) is 1. The van der Waals surface area contributed by atoms with Crippen LogP contribution in [0.3, 0.4) is 0 Å². The van der Waals surface area contributed by atoms with E-state index >= 15 is 0 Å². The van der Waals surface area contributed by atoms with Crippen LogP contribution in [0.15, 0.2) is 66.9 Å². The molecule has 2 N–H and O–H groups in total. The van der Waals surface area contributed by atoms with Gasteiger partial charge < -0.3 is 5.11 Å². The third-order valence-electron chi connectivity index (χ3n) is 5.42. The molecule has 1 fully saturated rings. The fourth-order valence-corrected chi connectivity index (χ4v) is 5.01. The van der Waals surface area contributed by atoms with E-state index in [0.717, 1.165) is 39.7 Å². The van der Waals surface area contributed by atoms with Crippen molar-refractivity contribution in [1.29, 1.82) is 0 Å². The second-order valence-electron chi connectivity index (χ2n) is 7.76. The summed E-state index contributed by atoms with van der Waals surface area (Å²) >= 11 is 1.68. The molecule has 0 bridgehead atoms. The Hall–Kier alpha value is -2.76. The molecule has 1 saturated carbocycles. The van der Waals surface area contributed by atoms with Crippen LogP contribution in [0.4, 0.5) is 0 Å². The van der Waals surface area contributed by atoms with Gasteiger partial charge in [-0.1, -0.05) is 54.6 Å². The van der Waals surface area contributed by atoms with Gasteiger partial charge in [-0.25, -0.2) is 4.98 Å². The highest BCUT2D eigenvalue weighted by atomic mass is 32.1. The van der Waals surface area contributed by atoms with Crippen LogP contribution < -0.4 is 0 Å². The molecule has 5 rings (SSSR count). The number of hydrogen-bond donors (Lipinski definition) is 2. The van der Waals surface area contributed by atoms with Gasteiger partial charge in [0.1, 0.15) is 5.01 Å². The van der Waals surface area contributed by atoms with Gasteiger partial charge in [0.25, 0.3) is 0 Å². The van der Waals surface area contributed by atoms with Crippen molar-refractivity contribution in [1.82, 2.24) is 15.2 Å². The highest BCUT2D eigenvalue weighted by Gasteiger charge is 2.38. The number of aromatic nitrogens is 3. The standard InChI is InChI=1S/C23H21N3OS/c1-23(27)13-18(14-23)15-7-9-16(10-8-15)20-21(17-5-3-2-4-6-17)28-22(25-20)19-11-12-24-26-19/h2-12,18,27H,13-14H2,1H3,(H,24,26). The molecule has 0 atom stereocenters. The minimum absolute atomic E-state index is 0.452. The van der Waals surface area contributed by atoms with Crippen molar-refractivity contribution in [3.63, 3.8) is 0 Å². The van der Waals surface area contributed by atoms with Crippen molar-refractivity contribution >= 4 is 11.3 Å². The molecule has 2 aromatic heterocycles. The molecule has 1 aliphatic carbocycles. The first-order valence-corrected chi connectivity index (χ1v) is 10.3. The fraction of sp³-hybridized carbons (Fsp3) is 0.217. The van der Waals surface area contributed by atoms with Crippen LogP contribution in [0.25, 0.3) is 32.4 Å². The van der Waals surface area contributed by atoms with E-state index in [9.17, 15) is 5.11 Å². The molecule has 2 heterocycles. The van der Waals surface area contributed by atoms with Gasteiger partial charge in [0, 0.05) is 11.8 Å². The van der Waals surface area contributed by atoms with Gasteiger partial charge in [0.15, 0.2) is 0 Å². The normalized spacial score (nSPS) is 21.4. The van der Waals surface area contributed by atoms with Crippen molar-refractivity contribution in [3.8, 4) is 32.4 Å². The topological polar surface area (TPSA) is 61.8 Å². The molecule has 0 radical (unpaired) electrons. The van der Waals surface area contributed by atoms with E-state index in [1.807, 2.05) is 19.1 Å². The van der Waals surface area contributed by atoms with E-state index in [1.165, 1.54) is 11.1 Å². The SMILES string of the molecule is CC1(O)CC(c2ccc(-c3nc(-c4ccn[nH]4)sc3-c3ccccc3)cc2)C1. The van der Waals surface area contributed by atoms with Crippen molar-refractivity contribution in [3.05, 3.63) is 72.4 Å². The predicted molar refractivity (Wildman–Crippen MR) is 113 cm³/mol. The molecular formula is C23H21N3OS. The summed E-state index contributed by atoms with van der Waals surface area (Å²) in [5.74, 6) is 0.452. The second-order valence-corrected chi connectivity index (χ2v) is 8.76. The fourth-order valence-electron chi connectivity index (χ4n) is 3.94. The third-order valence-corrected chi connectivity index (χ3v) is 6.56. The maximum absolute atomic E-state index is 10.0. The maximum Gasteiger partial charge on any atom is 0.142 e. The Bertz CT molecular complexity index is 1070. The number of aromatic amines is 1. The molecule has 0 saturated heterocycles. The number of nitrogens with zero attached hydrogens (tertiary/aromatic N) is 2. The number of aliphatic hydroxyl groups is 1. The van der Waals surface area contributed by atoms with E-state index in [4.69, 9.17) is 4.98 Å². The Morgan fingerprint density at radius 3 is 2.39 bits per heavy atom. The zero-order valence-corrected chi connectivity index (χ0v) is 16.4. The summed E-state index contributed by atoms with van der Waals surface area (Å²) < 4.78 is 0. The zero-order chi connectivity index (χ0) is 19.1. The van der Waals surface area contributed by atoms with Gasteiger partial charge in [-0.05, 0) is 42.9 Å². The van der Waals surface area contributed by atoms with Crippen LogP contribution >= 0.6 is 11.3 Å². The molecule has 0 unspecified atom stereocenters. The summed E-state index contributed by atoms with van der Waals surface area (Å²) in [5, 5.41) is 18.0. The monoisotopic (exact) mass is 387 g/mol. The molecule has 5 heteroatoms. The lowest BCUT2D eigenvalue weighted by Gasteiger charge is -2.41. The Morgan fingerprint density at radius 1 is 1.00 bits per heavy atom. The van der Waals surface area contributed by atoms with Crippen LogP contribution in [0.2, 0.25) is 0 Å². The molecule has 4 aromatic rings. The number of hydrogen-bond acceptors (Lipinski definition) is 4. The van der Waals surface area contributed by atoms with Gasteiger partial charge in [0.05, 0.1) is 21.9 Å². The first kappa shape index (κ1) is 17.3. The van der Waals surface area contributed by atoms with E-state index in [0.29, 0.717) is 5.92 Å². The van der Waals surface area contributed by atoms with Gasteiger partial charge in [0.2, 0.25) is 0 Å². The quantitative estimate of drug-likeness (QED) is 0.486. The Balaban J connectivity index is 1.53. The molecule has 0 aliphatic heterocycles. The van der Waals surface area contributed by atoms with Crippen molar-refractivity contribution in [2.24, 2.45) is 0 Å². The summed E-state index contributed by atoms with van der Waals surface area (Å²) in [6.45, 7) is 1.91. The van der Waals surface area contributed by atoms with E-state index in [1.54, 1.807) is 17.5 Å². The van der Waals surface area contributed by atoms with Crippen LogP contribution in [0.5, 0.6) is 0 Å². The van der Waals surface area contributed by atoms with Gasteiger partial charge in [-0.3, -0.25) is 5.10 Å². The second kappa shape index (κ2) is 6.69. The summed E-state index contributed by atoms with van der Waals surface area (Å²) in [5.41, 5.74) is 4.99. The highest BCUT2D eigenvalue weighted by molar-refractivity contribution is 7.18. The van der Waals surface area contributed by atoms with Crippen molar-refractivity contribution in [2.45, 2.75) is 31.3 Å². The van der Waals surface area contributed by atoms with Gasteiger partial charge in [-0.15, -0.1) is 11.3 Å². The van der Waals surface area contributed by atoms with E-state index in [2.05, 4.69) is 58.7 Å². The lowest BCUT2D eigenvalue weighted by atomic mass is 9.69. The van der Waals surface area contributed by atoms with Gasteiger partial charge >= 0.3 is 0 Å². The van der Waals surface area contributed by atoms with Crippen LogP contribution in [-0.2, 0) is 0 Å². The molecule has 0 amide bonds. The number of thiazole rings is 1. The Labute approximate surface area is 167 Å². The minimum Gasteiger partial charge on any atom is -0.390 e. The lowest BCUT2D eigenvalue weighted by Crippen LogP contribution is -2.39. The first-order chi connectivity index (χ1) is 13.6. The largest absolute Gasteiger partial charge is 0.390 e. The van der Waals surface area contributed by atoms with Gasteiger partial charge in [-0.2, -0.15) is 5.10 Å². The predicted octanol–water partition coefficient (Wildman–Crippen LogP) is 5.50.